The first-order valence-electron chi connectivity index (χ1n) is 9.49. The van der Waals surface area contributed by atoms with E-state index in [0.717, 1.165) is 16.6 Å². The highest BCUT2D eigenvalue weighted by molar-refractivity contribution is 7.91. The number of hydrogen-bond donors (Lipinski definition) is 2. The Labute approximate surface area is 177 Å². The largest absolute Gasteiger partial charge is 0.367 e. The smallest absolute Gasteiger partial charge is 0.272 e. The zero-order valence-corrected chi connectivity index (χ0v) is 17.0. The molecule has 3 heterocycles. The molecule has 154 valence electrons. The predicted molar refractivity (Wildman–Crippen MR) is 118 cm³/mol. The van der Waals surface area contributed by atoms with Gasteiger partial charge in [0, 0.05) is 34.4 Å². The van der Waals surface area contributed by atoms with Crippen molar-refractivity contribution >= 4 is 37.5 Å². The summed E-state index contributed by atoms with van der Waals surface area (Å²) in [5.41, 5.74) is 1.49. The van der Waals surface area contributed by atoms with E-state index in [1.807, 2.05) is 30.5 Å². The quantitative estimate of drug-likeness (QED) is 0.442. The molecule has 0 saturated heterocycles. The number of pyridine rings is 1. The van der Waals surface area contributed by atoms with E-state index in [4.69, 9.17) is 0 Å². The van der Waals surface area contributed by atoms with E-state index in [-0.39, 0.29) is 16.5 Å². The first kappa shape index (κ1) is 19.0. The molecule has 0 unspecified atom stereocenters. The summed E-state index contributed by atoms with van der Waals surface area (Å²) in [6, 6.07) is 16.9. The third kappa shape index (κ3) is 3.34. The molecule has 0 fully saturated rings. The van der Waals surface area contributed by atoms with Crippen LogP contribution in [0.15, 0.2) is 94.0 Å². The highest BCUT2D eigenvalue weighted by Crippen LogP contribution is 2.22. The number of aromatic amines is 1. The van der Waals surface area contributed by atoms with Crippen LogP contribution in [0.1, 0.15) is 0 Å². The summed E-state index contributed by atoms with van der Waals surface area (Å²) in [5.74, 6) is 0. The van der Waals surface area contributed by atoms with Gasteiger partial charge in [-0.25, -0.2) is 18.4 Å². The maximum absolute atomic E-state index is 13.3. The highest BCUT2D eigenvalue weighted by Gasteiger charge is 2.24. The number of anilines is 1. The molecule has 0 bridgehead atoms. The van der Waals surface area contributed by atoms with E-state index in [9.17, 15) is 13.2 Å². The summed E-state index contributed by atoms with van der Waals surface area (Å²) >= 11 is 0. The van der Waals surface area contributed by atoms with Crippen molar-refractivity contribution in [3.8, 4) is 0 Å². The van der Waals surface area contributed by atoms with Crippen molar-refractivity contribution in [1.29, 1.82) is 0 Å². The number of nitrogens with one attached hydrogen (secondary N) is 2. The fraction of sp³-hybridized carbons (Fsp3) is 0.0455. The third-order valence-corrected chi connectivity index (χ3v) is 6.82. The molecule has 2 N–H and O–H groups in total. The Hall–Kier alpha value is -3.98. The van der Waals surface area contributed by atoms with Gasteiger partial charge in [0.2, 0.25) is 9.84 Å². The molecule has 0 spiro atoms. The van der Waals surface area contributed by atoms with Gasteiger partial charge >= 0.3 is 0 Å². The molecule has 0 radical (unpaired) electrons. The zero-order chi connectivity index (χ0) is 21.4. The van der Waals surface area contributed by atoms with Crippen molar-refractivity contribution in [2.24, 2.45) is 0 Å². The average molecular weight is 431 g/mol. The van der Waals surface area contributed by atoms with Crippen LogP contribution in [0.4, 0.5) is 5.69 Å². The first-order valence-corrected chi connectivity index (χ1v) is 11.0. The van der Waals surface area contributed by atoms with Crippen molar-refractivity contribution in [2.45, 2.75) is 16.5 Å². The Bertz CT molecular complexity index is 1570. The fourth-order valence-electron chi connectivity index (χ4n) is 3.49. The first-order chi connectivity index (χ1) is 15.0. The molecule has 0 atom stereocenters. The normalized spacial score (nSPS) is 11.7. The van der Waals surface area contributed by atoms with Crippen LogP contribution >= 0.6 is 0 Å². The summed E-state index contributed by atoms with van der Waals surface area (Å²) in [4.78, 5) is 24.3. The number of rotatable bonds is 5. The molecule has 5 aromatic rings. The number of hydrogen-bond acceptors (Lipinski definition) is 6. The van der Waals surface area contributed by atoms with Crippen LogP contribution in [-0.2, 0) is 16.5 Å². The van der Waals surface area contributed by atoms with E-state index in [0.29, 0.717) is 11.0 Å². The SMILES string of the molecule is O=c1c(S(=O)(=O)c2ccccc2)cc2cncnc2n1CNc1ccc2[nH]ccc2c1. The molecule has 2 aromatic carbocycles. The van der Waals surface area contributed by atoms with Gasteiger partial charge in [-0.15, -0.1) is 0 Å². The standard InChI is InChI=1S/C22H17N5O3S/c28-22-20(31(29,30)18-4-2-1-3-5-18)11-16-12-23-13-25-21(16)27(22)14-26-17-6-7-19-15(10-17)8-9-24-19/h1-13,24,26H,14H2. The Morgan fingerprint density at radius 1 is 1.00 bits per heavy atom. The van der Waals surface area contributed by atoms with E-state index in [2.05, 4.69) is 20.3 Å². The minimum absolute atomic E-state index is 0.0421. The molecule has 0 aliphatic rings. The van der Waals surface area contributed by atoms with Gasteiger partial charge in [-0.3, -0.25) is 9.36 Å². The number of fused-ring (bicyclic) bond motifs is 2. The van der Waals surface area contributed by atoms with Gasteiger partial charge in [0.15, 0.2) is 0 Å². The molecule has 0 aliphatic heterocycles. The van der Waals surface area contributed by atoms with Gasteiger partial charge in [-0.2, -0.15) is 0 Å². The van der Waals surface area contributed by atoms with Crippen molar-refractivity contribution in [3.05, 3.63) is 89.7 Å². The lowest BCUT2D eigenvalue weighted by Crippen LogP contribution is -2.29. The number of nitrogens with zero attached hydrogens (tertiary/aromatic N) is 3. The molecule has 0 aliphatic carbocycles. The van der Waals surface area contributed by atoms with Crippen LogP contribution < -0.4 is 10.9 Å². The van der Waals surface area contributed by atoms with Crippen molar-refractivity contribution in [1.82, 2.24) is 19.5 Å². The number of aromatic nitrogens is 4. The minimum Gasteiger partial charge on any atom is -0.367 e. The van der Waals surface area contributed by atoms with Gasteiger partial charge < -0.3 is 10.3 Å². The summed E-state index contributed by atoms with van der Waals surface area (Å²) in [5, 5.41) is 4.66. The molecule has 31 heavy (non-hydrogen) atoms. The molecule has 8 nitrogen and oxygen atoms in total. The second kappa shape index (κ2) is 7.37. The topological polar surface area (TPSA) is 110 Å². The second-order valence-corrected chi connectivity index (χ2v) is 8.89. The maximum atomic E-state index is 13.3. The van der Waals surface area contributed by atoms with Crippen LogP contribution in [-0.4, -0.2) is 27.9 Å². The second-order valence-electron chi connectivity index (χ2n) is 6.97. The Kier molecular flexibility index (Phi) is 4.52. The highest BCUT2D eigenvalue weighted by atomic mass is 32.2. The van der Waals surface area contributed by atoms with Crippen molar-refractivity contribution < 1.29 is 8.42 Å². The fourth-order valence-corrected chi connectivity index (χ4v) is 4.88. The van der Waals surface area contributed by atoms with Crippen molar-refractivity contribution in [2.75, 3.05) is 5.32 Å². The van der Waals surface area contributed by atoms with Crippen LogP contribution in [0.5, 0.6) is 0 Å². The lowest BCUT2D eigenvalue weighted by Gasteiger charge is -2.14. The van der Waals surface area contributed by atoms with E-state index >= 15 is 0 Å². The van der Waals surface area contributed by atoms with Gasteiger partial charge in [0.05, 0.1) is 11.6 Å². The minimum atomic E-state index is -4.01. The number of benzene rings is 2. The third-order valence-electron chi connectivity index (χ3n) is 5.05. The van der Waals surface area contributed by atoms with Crippen LogP contribution in [0.2, 0.25) is 0 Å². The van der Waals surface area contributed by atoms with Crippen LogP contribution in [0.3, 0.4) is 0 Å². The van der Waals surface area contributed by atoms with Crippen LogP contribution in [0, 0.1) is 0 Å². The number of sulfone groups is 1. The Balaban J connectivity index is 1.61. The van der Waals surface area contributed by atoms with Crippen molar-refractivity contribution in [3.63, 3.8) is 0 Å². The van der Waals surface area contributed by atoms with E-state index in [1.54, 1.807) is 18.2 Å². The molecule has 0 saturated carbocycles. The lowest BCUT2D eigenvalue weighted by molar-refractivity contribution is 0.592. The molecule has 5 rings (SSSR count). The van der Waals surface area contributed by atoms with E-state index < -0.39 is 15.4 Å². The molecule has 9 heteroatoms. The zero-order valence-electron chi connectivity index (χ0n) is 16.2. The molecular formula is C22H17N5O3S. The van der Waals surface area contributed by atoms with Crippen LogP contribution in [0.25, 0.3) is 21.9 Å². The molecular weight excluding hydrogens is 414 g/mol. The molecule has 3 aromatic heterocycles. The predicted octanol–water partition coefficient (Wildman–Crippen LogP) is 3.18. The monoisotopic (exact) mass is 431 g/mol. The Morgan fingerprint density at radius 2 is 1.84 bits per heavy atom. The van der Waals surface area contributed by atoms with Gasteiger partial charge in [-0.1, -0.05) is 18.2 Å². The van der Waals surface area contributed by atoms with Gasteiger partial charge in [0.1, 0.15) is 16.9 Å². The lowest BCUT2D eigenvalue weighted by atomic mass is 10.2. The summed E-state index contributed by atoms with van der Waals surface area (Å²) in [6.45, 7) is 0.0421. The Morgan fingerprint density at radius 3 is 2.68 bits per heavy atom. The van der Waals surface area contributed by atoms with Gasteiger partial charge in [-0.05, 0) is 42.5 Å². The van der Waals surface area contributed by atoms with E-state index in [1.165, 1.54) is 35.3 Å². The summed E-state index contributed by atoms with van der Waals surface area (Å²) in [6.07, 6.45) is 4.67. The summed E-state index contributed by atoms with van der Waals surface area (Å²) < 4.78 is 27.6. The summed E-state index contributed by atoms with van der Waals surface area (Å²) in [7, 11) is -4.01. The maximum Gasteiger partial charge on any atom is 0.272 e. The van der Waals surface area contributed by atoms with Gasteiger partial charge in [0.25, 0.3) is 5.56 Å². The number of H-pyrrole nitrogens is 1. The average Bonchev–Trinajstić information content (AvgIpc) is 3.26. The molecule has 0 amide bonds.